The zero-order valence-corrected chi connectivity index (χ0v) is 12.5. The lowest BCUT2D eigenvalue weighted by molar-refractivity contribution is -0.118. The van der Waals surface area contributed by atoms with Gasteiger partial charge in [-0.05, 0) is 31.5 Å². The van der Waals surface area contributed by atoms with Gasteiger partial charge in [0.1, 0.15) is 0 Å². The number of carbonyl (C=O) groups excluding carboxylic acids is 1. The van der Waals surface area contributed by atoms with Crippen LogP contribution in [0.4, 0.5) is 5.69 Å². The SMILES string of the molecule is C=CCSc1ccccc1NC(=O)C1CCCCCN1. The van der Waals surface area contributed by atoms with Gasteiger partial charge in [-0.1, -0.05) is 31.1 Å². The first-order valence-corrected chi connectivity index (χ1v) is 8.17. The molecule has 0 saturated carbocycles. The van der Waals surface area contributed by atoms with Gasteiger partial charge in [0.05, 0.1) is 11.7 Å². The Labute approximate surface area is 125 Å². The van der Waals surface area contributed by atoms with Gasteiger partial charge in [-0.3, -0.25) is 4.79 Å². The Morgan fingerprint density at radius 1 is 1.40 bits per heavy atom. The number of nitrogens with one attached hydrogen (secondary N) is 2. The highest BCUT2D eigenvalue weighted by Gasteiger charge is 2.20. The van der Waals surface area contributed by atoms with E-state index in [4.69, 9.17) is 0 Å². The van der Waals surface area contributed by atoms with E-state index in [-0.39, 0.29) is 11.9 Å². The van der Waals surface area contributed by atoms with Gasteiger partial charge in [-0.25, -0.2) is 0 Å². The van der Waals surface area contributed by atoms with Crippen molar-refractivity contribution in [3.63, 3.8) is 0 Å². The van der Waals surface area contributed by atoms with E-state index in [1.165, 1.54) is 6.42 Å². The molecule has 1 atom stereocenters. The molecule has 0 aromatic heterocycles. The predicted octanol–water partition coefficient (Wildman–Crippen LogP) is 3.44. The molecule has 1 aliphatic heterocycles. The van der Waals surface area contributed by atoms with Gasteiger partial charge in [0, 0.05) is 10.6 Å². The van der Waals surface area contributed by atoms with Gasteiger partial charge >= 0.3 is 0 Å². The first-order chi connectivity index (χ1) is 9.81. The Bertz CT molecular complexity index is 454. The minimum Gasteiger partial charge on any atom is -0.324 e. The van der Waals surface area contributed by atoms with E-state index in [9.17, 15) is 4.79 Å². The van der Waals surface area contributed by atoms with E-state index in [0.29, 0.717) is 0 Å². The number of thioether (sulfide) groups is 1. The number of amides is 1. The number of hydrogen-bond acceptors (Lipinski definition) is 3. The van der Waals surface area contributed by atoms with Crippen molar-refractivity contribution in [3.05, 3.63) is 36.9 Å². The van der Waals surface area contributed by atoms with Gasteiger partial charge in [0.15, 0.2) is 0 Å². The second kappa shape index (κ2) is 8.12. The van der Waals surface area contributed by atoms with Crippen LogP contribution in [0, 0.1) is 0 Å². The molecule has 1 aromatic rings. The second-order valence-corrected chi connectivity index (χ2v) is 6.00. The second-order valence-electron chi connectivity index (χ2n) is 4.94. The lowest BCUT2D eigenvalue weighted by Gasteiger charge is -2.17. The van der Waals surface area contributed by atoms with E-state index >= 15 is 0 Å². The van der Waals surface area contributed by atoms with Gasteiger partial charge in [0.25, 0.3) is 0 Å². The van der Waals surface area contributed by atoms with Crippen LogP contribution < -0.4 is 10.6 Å². The predicted molar refractivity (Wildman–Crippen MR) is 86.3 cm³/mol. The number of benzene rings is 1. The summed E-state index contributed by atoms with van der Waals surface area (Å²) in [6, 6.07) is 7.87. The summed E-state index contributed by atoms with van der Waals surface area (Å²) in [5.74, 6) is 0.924. The molecular formula is C16H22N2OS. The molecule has 1 aliphatic rings. The monoisotopic (exact) mass is 290 g/mol. The quantitative estimate of drug-likeness (QED) is 0.645. The maximum absolute atomic E-state index is 12.3. The maximum atomic E-state index is 12.3. The fraction of sp³-hybridized carbons (Fsp3) is 0.438. The third-order valence-electron chi connectivity index (χ3n) is 3.38. The largest absolute Gasteiger partial charge is 0.324 e. The fourth-order valence-corrected chi connectivity index (χ4v) is 3.06. The van der Waals surface area contributed by atoms with Crippen LogP contribution >= 0.6 is 11.8 Å². The highest BCUT2D eigenvalue weighted by Crippen LogP contribution is 2.27. The molecule has 1 amide bonds. The lowest BCUT2D eigenvalue weighted by atomic mass is 10.1. The molecule has 2 N–H and O–H groups in total. The smallest absolute Gasteiger partial charge is 0.241 e. The van der Waals surface area contributed by atoms with Crippen LogP contribution in [0.15, 0.2) is 41.8 Å². The van der Waals surface area contributed by atoms with Crippen LogP contribution in [0.25, 0.3) is 0 Å². The summed E-state index contributed by atoms with van der Waals surface area (Å²) in [5, 5.41) is 6.39. The Morgan fingerprint density at radius 3 is 3.10 bits per heavy atom. The molecule has 20 heavy (non-hydrogen) atoms. The number of hydrogen-bond donors (Lipinski definition) is 2. The average Bonchev–Trinajstić information content (AvgIpc) is 2.75. The molecule has 1 fully saturated rings. The molecule has 0 spiro atoms. The number of para-hydroxylation sites is 1. The van der Waals surface area contributed by atoms with E-state index in [1.807, 2.05) is 30.3 Å². The summed E-state index contributed by atoms with van der Waals surface area (Å²) in [5.41, 5.74) is 0.899. The highest BCUT2D eigenvalue weighted by molar-refractivity contribution is 7.99. The molecule has 4 heteroatoms. The van der Waals surface area contributed by atoms with E-state index in [1.54, 1.807) is 11.8 Å². The third kappa shape index (κ3) is 4.39. The molecule has 2 rings (SSSR count). The summed E-state index contributed by atoms with van der Waals surface area (Å²) in [6.45, 7) is 4.67. The van der Waals surface area contributed by atoms with Crippen LogP contribution in [-0.2, 0) is 4.79 Å². The molecule has 0 aliphatic carbocycles. The Morgan fingerprint density at radius 2 is 2.25 bits per heavy atom. The van der Waals surface area contributed by atoms with Crippen molar-refractivity contribution in [1.82, 2.24) is 5.32 Å². The highest BCUT2D eigenvalue weighted by atomic mass is 32.2. The lowest BCUT2D eigenvalue weighted by Crippen LogP contribution is -2.39. The Kier molecular flexibility index (Phi) is 6.15. The van der Waals surface area contributed by atoms with Gasteiger partial charge in [-0.15, -0.1) is 18.3 Å². The van der Waals surface area contributed by atoms with Crippen LogP contribution in [0.5, 0.6) is 0 Å². The van der Waals surface area contributed by atoms with Gasteiger partial charge in [0.2, 0.25) is 5.91 Å². The van der Waals surface area contributed by atoms with Crippen molar-refractivity contribution in [2.24, 2.45) is 0 Å². The first kappa shape index (κ1) is 15.1. The molecule has 1 saturated heterocycles. The summed E-state index contributed by atoms with van der Waals surface area (Å²) < 4.78 is 0. The Hall–Kier alpha value is -1.26. The minimum atomic E-state index is -0.0602. The van der Waals surface area contributed by atoms with E-state index < -0.39 is 0 Å². The normalized spacial score (nSPS) is 19.1. The van der Waals surface area contributed by atoms with Gasteiger partial charge < -0.3 is 10.6 Å². The van der Waals surface area contributed by atoms with Crippen molar-refractivity contribution in [2.45, 2.75) is 36.6 Å². The molecule has 0 bridgehead atoms. The summed E-state index contributed by atoms with van der Waals surface area (Å²) in [7, 11) is 0. The number of carbonyl (C=O) groups is 1. The fourth-order valence-electron chi connectivity index (χ4n) is 2.32. The summed E-state index contributed by atoms with van der Waals surface area (Å²) >= 11 is 1.69. The molecular weight excluding hydrogens is 268 g/mol. The van der Waals surface area contributed by atoms with Crippen molar-refractivity contribution in [3.8, 4) is 0 Å². The molecule has 3 nitrogen and oxygen atoms in total. The first-order valence-electron chi connectivity index (χ1n) is 7.18. The van der Waals surface area contributed by atoms with Crippen molar-refractivity contribution in [2.75, 3.05) is 17.6 Å². The van der Waals surface area contributed by atoms with Crippen LogP contribution in [0.2, 0.25) is 0 Å². The van der Waals surface area contributed by atoms with E-state index in [2.05, 4.69) is 17.2 Å². The summed E-state index contributed by atoms with van der Waals surface area (Å²) in [6.07, 6.45) is 6.29. The maximum Gasteiger partial charge on any atom is 0.241 e. The van der Waals surface area contributed by atoms with Crippen LogP contribution in [0.3, 0.4) is 0 Å². The van der Waals surface area contributed by atoms with E-state index in [0.717, 1.165) is 42.1 Å². The van der Waals surface area contributed by atoms with Crippen LogP contribution in [0.1, 0.15) is 25.7 Å². The summed E-state index contributed by atoms with van der Waals surface area (Å²) in [4.78, 5) is 13.4. The van der Waals surface area contributed by atoms with Crippen molar-refractivity contribution in [1.29, 1.82) is 0 Å². The topological polar surface area (TPSA) is 41.1 Å². The number of rotatable bonds is 5. The number of anilines is 1. The van der Waals surface area contributed by atoms with Crippen molar-refractivity contribution >= 4 is 23.4 Å². The molecule has 1 unspecified atom stereocenters. The molecule has 0 radical (unpaired) electrons. The molecule has 1 aromatic carbocycles. The standard InChI is InChI=1S/C16H22N2OS/c1-2-12-20-15-10-6-5-8-13(15)18-16(19)14-9-4-3-7-11-17-14/h2,5-6,8,10,14,17H,1,3-4,7,9,11-12H2,(H,18,19). The zero-order valence-electron chi connectivity index (χ0n) is 11.7. The van der Waals surface area contributed by atoms with Gasteiger partial charge in [-0.2, -0.15) is 0 Å². The van der Waals surface area contributed by atoms with Crippen molar-refractivity contribution < 1.29 is 4.79 Å². The van der Waals surface area contributed by atoms with Crippen LogP contribution in [-0.4, -0.2) is 24.2 Å². The third-order valence-corrected chi connectivity index (χ3v) is 4.45. The Balaban J connectivity index is 2.00. The zero-order chi connectivity index (χ0) is 14.2. The molecule has 1 heterocycles. The average molecular weight is 290 g/mol. The molecule has 108 valence electrons. The minimum absolute atomic E-state index is 0.0602.